The molecule has 2 saturated carbocycles. The molecule has 0 aromatic carbocycles. The quantitative estimate of drug-likeness (QED) is 0.763. The Morgan fingerprint density at radius 3 is 2.56 bits per heavy atom. The van der Waals surface area contributed by atoms with Crippen molar-refractivity contribution >= 4 is 12.0 Å². The van der Waals surface area contributed by atoms with Crippen molar-refractivity contribution in [2.24, 2.45) is 0 Å². The molecule has 2 aliphatic carbocycles. The van der Waals surface area contributed by atoms with E-state index in [-0.39, 0.29) is 30.8 Å². The number of methoxy groups -OCH3 is 1. The molecule has 0 aliphatic heterocycles. The lowest BCUT2D eigenvalue weighted by Crippen LogP contribution is -2.47. The van der Waals surface area contributed by atoms with Crippen molar-refractivity contribution in [1.82, 2.24) is 10.2 Å². The second kappa shape index (κ2) is 5.56. The van der Waals surface area contributed by atoms with Gasteiger partial charge in [-0.1, -0.05) is 0 Å². The molecule has 0 aromatic rings. The van der Waals surface area contributed by atoms with Crippen LogP contribution in [0.15, 0.2) is 0 Å². The summed E-state index contributed by atoms with van der Waals surface area (Å²) in [4.78, 5) is 24.2. The fourth-order valence-electron chi connectivity index (χ4n) is 2.44. The van der Waals surface area contributed by atoms with Crippen LogP contribution in [0, 0.1) is 0 Å². The Labute approximate surface area is 106 Å². The molecule has 18 heavy (non-hydrogen) atoms. The smallest absolute Gasteiger partial charge is 0.323 e. The molecule has 6 nitrogen and oxygen atoms in total. The third-order valence-electron chi connectivity index (χ3n) is 3.60. The van der Waals surface area contributed by atoms with E-state index < -0.39 is 5.97 Å². The number of carboxylic acids is 1. The number of nitrogens with zero attached hydrogens (tertiary/aromatic N) is 1. The van der Waals surface area contributed by atoms with Crippen LogP contribution in [0.2, 0.25) is 0 Å². The molecular formula is C12H20N2O4. The highest BCUT2D eigenvalue weighted by molar-refractivity contribution is 5.80. The summed E-state index contributed by atoms with van der Waals surface area (Å²) in [6, 6.07) is -0.0279. The van der Waals surface area contributed by atoms with Crippen LogP contribution < -0.4 is 5.32 Å². The summed E-state index contributed by atoms with van der Waals surface area (Å²) in [6.07, 6.45) is 4.69. The summed E-state index contributed by atoms with van der Waals surface area (Å²) in [5, 5.41) is 11.7. The van der Waals surface area contributed by atoms with Crippen LogP contribution in [0.25, 0.3) is 0 Å². The second-order valence-electron chi connectivity index (χ2n) is 5.07. The maximum Gasteiger partial charge on any atom is 0.323 e. The highest BCUT2D eigenvalue weighted by Gasteiger charge is 2.35. The SMILES string of the molecule is COC1CCC(NC(=O)N(CC(=O)O)C2CC2)C1. The van der Waals surface area contributed by atoms with Gasteiger partial charge in [0.05, 0.1) is 6.10 Å². The molecule has 0 radical (unpaired) electrons. The van der Waals surface area contributed by atoms with Crippen LogP contribution >= 0.6 is 0 Å². The fraction of sp³-hybridized carbons (Fsp3) is 0.833. The average Bonchev–Trinajstić information content (AvgIpc) is 3.06. The normalized spacial score (nSPS) is 26.9. The van der Waals surface area contributed by atoms with Crippen LogP contribution in [0.4, 0.5) is 4.79 Å². The number of aliphatic carboxylic acids is 1. The second-order valence-corrected chi connectivity index (χ2v) is 5.07. The van der Waals surface area contributed by atoms with Gasteiger partial charge in [0.25, 0.3) is 0 Å². The van der Waals surface area contributed by atoms with Crippen molar-refractivity contribution in [2.75, 3.05) is 13.7 Å². The number of hydrogen-bond donors (Lipinski definition) is 2. The lowest BCUT2D eigenvalue weighted by molar-refractivity contribution is -0.137. The lowest BCUT2D eigenvalue weighted by Gasteiger charge is -2.23. The number of nitrogens with one attached hydrogen (secondary N) is 1. The van der Waals surface area contributed by atoms with E-state index >= 15 is 0 Å². The van der Waals surface area contributed by atoms with Gasteiger partial charge in [0.15, 0.2) is 0 Å². The number of hydrogen-bond acceptors (Lipinski definition) is 3. The highest BCUT2D eigenvalue weighted by atomic mass is 16.5. The first-order chi connectivity index (χ1) is 8.60. The Morgan fingerprint density at radius 1 is 1.33 bits per heavy atom. The molecule has 0 spiro atoms. The molecule has 2 atom stereocenters. The predicted molar refractivity (Wildman–Crippen MR) is 64.3 cm³/mol. The van der Waals surface area contributed by atoms with Crippen molar-refractivity contribution in [1.29, 1.82) is 0 Å². The van der Waals surface area contributed by atoms with Crippen LogP contribution in [0.5, 0.6) is 0 Å². The molecular weight excluding hydrogens is 236 g/mol. The summed E-state index contributed by atoms with van der Waals surface area (Å²) >= 11 is 0. The van der Waals surface area contributed by atoms with Gasteiger partial charge < -0.3 is 20.1 Å². The van der Waals surface area contributed by atoms with Crippen LogP contribution in [-0.2, 0) is 9.53 Å². The maximum atomic E-state index is 12.0. The zero-order valence-corrected chi connectivity index (χ0v) is 10.6. The van der Waals surface area contributed by atoms with Crippen molar-refractivity contribution in [3.63, 3.8) is 0 Å². The Bertz CT molecular complexity index is 330. The van der Waals surface area contributed by atoms with E-state index in [0.717, 1.165) is 32.1 Å². The van der Waals surface area contributed by atoms with Crippen molar-refractivity contribution in [2.45, 2.75) is 50.3 Å². The van der Waals surface area contributed by atoms with E-state index in [4.69, 9.17) is 9.84 Å². The van der Waals surface area contributed by atoms with Crippen molar-refractivity contribution in [3.8, 4) is 0 Å². The summed E-state index contributed by atoms with van der Waals surface area (Å²) in [5.74, 6) is -0.960. The minimum atomic E-state index is -0.960. The van der Waals surface area contributed by atoms with Gasteiger partial charge in [0.1, 0.15) is 6.54 Å². The summed E-state index contributed by atoms with van der Waals surface area (Å²) < 4.78 is 5.25. The third kappa shape index (κ3) is 3.35. The Morgan fingerprint density at radius 2 is 2.06 bits per heavy atom. The minimum absolute atomic E-state index is 0.109. The standard InChI is InChI=1S/C12H20N2O4/c1-18-10-5-2-8(6-10)13-12(17)14(7-11(15)16)9-3-4-9/h8-10H,2-7H2,1H3,(H,13,17)(H,15,16). The molecule has 102 valence electrons. The van der Waals surface area contributed by atoms with E-state index in [1.807, 2.05) is 0 Å². The molecule has 2 fully saturated rings. The van der Waals surface area contributed by atoms with Gasteiger partial charge in [-0.05, 0) is 32.1 Å². The molecule has 2 amide bonds. The number of urea groups is 1. The zero-order valence-electron chi connectivity index (χ0n) is 10.6. The Hall–Kier alpha value is -1.30. The van der Waals surface area contributed by atoms with Crippen molar-refractivity contribution < 1.29 is 19.4 Å². The van der Waals surface area contributed by atoms with Gasteiger partial charge in [-0.3, -0.25) is 4.79 Å². The number of carbonyl (C=O) groups excluding carboxylic acids is 1. The van der Waals surface area contributed by atoms with Gasteiger partial charge in [0.2, 0.25) is 0 Å². The first-order valence-electron chi connectivity index (χ1n) is 6.42. The van der Waals surface area contributed by atoms with E-state index in [1.54, 1.807) is 7.11 Å². The molecule has 0 aromatic heterocycles. The predicted octanol–water partition coefficient (Wildman–Crippen LogP) is 0.812. The topological polar surface area (TPSA) is 78.9 Å². The number of carbonyl (C=O) groups is 2. The third-order valence-corrected chi connectivity index (χ3v) is 3.60. The number of amides is 2. The molecule has 0 saturated heterocycles. The van der Waals surface area contributed by atoms with Gasteiger partial charge in [-0.25, -0.2) is 4.79 Å². The fourth-order valence-corrected chi connectivity index (χ4v) is 2.44. The number of ether oxygens (including phenoxy) is 1. The van der Waals surface area contributed by atoms with Gasteiger partial charge in [0, 0.05) is 19.2 Å². The van der Waals surface area contributed by atoms with Crippen LogP contribution in [0.1, 0.15) is 32.1 Å². The monoisotopic (exact) mass is 256 g/mol. The molecule has 2 aliphatic rings. The molecule has 2 unspecified atom stereocenters. The van der Waals surface area contributed by atoms with Crippen LogP contribution in [0.3, 0.4) is 0 Å². The summed E-state index contributed by atoms with van der Waals surface area (Å²) in [5.41, 5.74) is 0. The molecule has 2 rings (SSSR count). The molecule has 6 heteroatoms. The number of rotatable bonds is 5. The lowest BCUT2D eigenvalue weighted by atomic mass is 10.2. The first kappa shape index (κ1) is 13.1. The highest BCUT2D eigenvalue weighted by Crippen LogP contribution is 2.27. The number of carboxylic acid groups (broad SMARTS) is 1. The summed E-state index contributed by atoms with van der Waals surface area (Å²) in [6.45, 7) is -0.211. The maximum absolute atomic E-state index is 12.0. The average molecular weight is 256 g/mol. The van der Waals surface area contributed by atoms with E-state index in [9.17, 15) is 9.59 Å². The van der Waals surface area contributed by atoms with E-state index in [0.29, 0.717) is 0 Å². The van der Waals surface area contributed by atoms with Crippen LogP contribution in [-0.4, -0.2) is 53.8 Å². The van der Waals surface area contributed by atoms with Gasteiger partial charge >= 0.3 is 12.0 Å². The minimum Gasteiger partial charge on any atom is -0.480 e. The Kier molecular flexibility index (Phi) is 4.06. The Balaban J connectivity index is 1.83. The zero-order chi connectivity index (χ0) is 13.1. The first-order valence-corrected chi connectivity index (χ1v) is 6.42. The van der Waals surface area contributed by atoms with Crippen molar-refractivity contribution in [3.05, 3.63) is 0 Å². The van der Waals surface area contributed by atoms with E-state index in [1.165, 1.54) is 4.90 Å². The molecule has 0 bridgehead atoms. The molecule has 2 N–H and O–H groups in total. The largest absolute Gasteiger partial charge is 0.480 e. The van der Waals surface area contributed by atoms with Gasteiger partial charge in [-0.15, -0.1) is 0 Å². The van der Waals surface area contributed by atoms with Gasteiger partial charge in [-0.2, -0.15) is 0 Å². The van der Waals surface area contributed by atoms with E-state index in [2.05, 4.69) is 5.32 Å². The molecule has 0 heterocycles. The summed E-state index contributed by atoms with van der Waals surface area (Å²) in [7, 11) is 1.68.